The molecule has 4 rings (SSSR count). The van der Waals surface area contributed by atoms with Gasteiger partial charge in [-0.05, 0) is 37.5 Å². The molecule has 0 radical (unpaired) electrons. The minimum absolute atomic E-state index is 0.000560. The number of ether oxygens (including phenoxy) is 4. The normalized spacial score (nSPS) is 26.8. The van der Waals surface area contributed by atoms with Crippen molar-refractivity contribution in [3.8, 4) is 17.2 Å². The lowest BCUT2D eigenvalue weighted by molar-refractivity contribution is -0.145. The number of primary amides is 1. The van der Waals surface area contributed by atoms with Gasteiger partial charge >= 0.3 is 0 Å². The topological polar surface area (TPSA) is 100 Å². The van der Waals surface area contributed by atoms with Crippen molar-refractivity contribution < 1.29 is 28.8 Å². The lowest BCUT2D eigenvalue weighted by Crippen LogP contribution is -2.26. The molecule has 24 heavy (non-hydrogen) atoms. The van der Waals surface area contributed by atoms with Crippen LogP contribution in [0.3, 0.4) is 0 Å². The van der Waals surface area contributed by atoms with Gasteiger partial charge < -0.3 is 29.8 Å². The highest BCUT2D eigenvalue weighted by Gasteiger charge is 2.43. The van der Waals surface area contributed by atoms with E-state index >= 15 is 0 Å². The first-order chi connectivity index (χ1) is 11.4. The van der Waals surface area contributed by atoms with Crippen LogP contribution in [0.4, 0.5) is 0 Å². The van der Waals surface area contributed by atoms with E-state index in [1.807, 2.05) is 19.9 Å². The van der Waals surface area contributed by atoms with E-state index in [9.17, 15) is 9.90 Å². The minimum Gasteiger partial charge on any atom is -0.504 e. The fourth-order valence-electron chi connectivity index (χ4n) is 3.59. The standard InChI is InChI=1S/C17H19NO6/c1-17(2)23-10-4-3-8(5-11(10)24-17)9-6-12-15(22-7-21-12)14(19)13(9)16(18)20/h3,6,10-11,19H,4-5,7H2,1-2H3,(H2,18,20). The van der Waals surface area contributed by atoms with Gasteiger partial charge in [0.05, 0.1) is 17.8 Å². The molecule has 0 spiro atoms. The third-order valence-electron chi connectivity index (χ3n) is 4.53. The molecule has 1 aliphatic carbocycles. The summed E-state index contributed by atoms with van der Waals surface area (Å²) >= 11 is 0. The molecule has 0 aromatic heterocycles. The van der Waals surface area contributed by atoms with E-state index in [1.54, 1.807) is 6.07 Å². The molecular formula is C17H19NO6. The minimum atomic E-state index is -0.715. The van der Waals surface area contributed by atoms with Crippen molar-refractivity contribution in [2.75, 3.05) is 6.79 Å². The second kappa shape index (κ2) is 5.12. The molecule has 2 aliphatic heterocycles. The number of hydrogen-bond acceptors (Lipinski definition) is 6. The Hall–Kier alpha value is -2.25. The number of aromatic hydroxyl groups is 1. The second-order valence-corrected chi connectivity index (χ2v) is 6.63. The third kappa shape index (κ3) is 2.32. The average molecular weight is 333 g/mol. The van der Waals surface area contributed by atoms with Gasteiger partial charge in [-0.1, -0.05) is 6.08 Å². The lowest BCUT2D eigenvalue weighted by atomic mass is 9.87. The van der Waals surface area contributed by atoms with Crippen molar-refractivity contribution >= 4 is 11.5 Å². The van der Waals surface area contributed by atoms with Gasteiger partial charge in [0.25, 0.3) is 5.91 Å². The monoisotopic (exact) mass is 333 g/mol. The number of hydrogen-bond donors (Lipinski definition) is 2. The first kappa shape index (κ1) is 15.3. The molecule has 1 fully saturated rings. The van der Waals surface area contributed by atoms with Gasteiger partial charge in [0, 0.05) is 6.42 Å². The Bertz CT molecular complexity index is 754. The molecule has 1 aromatic rings. The number of rotatable bonds is 2. The van der Waals surface area contributed by atoms with Crippen molar-refractivity contribution in [1.29, 1.82) is 0 Å². The van der Waals surface area contributed by atoms with Crippen LogP contribution in [0.5, 0.6) is 17.2 Å². The second-order valence-electron chi connectivity index (χ2n) is 6.63. The van der Waals surface area contributed by atoms with Crippen LogP contribution < -0.4 is 15.2 Å². The summed E-state index contributed by atoms with van der Waals surface area (Å²) < 4.78 is 22.4. The molecule has 2 unspecified atom stereocenters. The average Bonchev–Trinajstić information content (AvgIpc) is 3.07. The van der Waals surface area contributed by atoms with Crippen LogP contribution in [0.1, 0.15) is 42.6 Å². The van der Waals surface area contributed by atoms with E-state index in [-0.39, 0.29) is 36.1 Å². The summed E-state index contributed by atoms with van der Waals surface area (Å²) in [5.74, 6) is -1.06. The summed E-state index contributed by atoms with van der Waals surface area (Å²) in [5.41, 5.74) is 6.96. The maximum absolute atomic E-state index is 11.9. The maximum atomic E-state index is 11.9. The Balaban J connectivity index is 1.75. The van der Waals surface area contributed by atoms with Gasteiger partial charge in [0.2, 0.25) is 12.5 Å². The molecule has 1 aromatic carbocycles. The van der Waals surface area contributed by atoms with Gasteiger partial charge in [-0.25, -0.2) is 0 Å². The van der Waals surface area contributed by atoms with E-state index in [2.05, 4.69) is 0 Å². The molecule has 3 aliphatic rings. The van der Waals surface area contributed by atoms with Gasteiger partial charge in [0.1, 0.15) is 0 Å². The highest BCUT2D eigenvalue weighted by Crippen LogP contribution is 2.48. The highest BCUT2D eigenvalue weighted by atomic mass is 16.8. The predicted molar refractivity (Wildman–Crippen MR) is 83.8 cm³/mol. The number of fused-ring (bicyclic) bond motifs is 2. The first-order valence-corrected chi connectivity index (χ1v) is 7.86. The van der Waals surface area contributed by atoms with Crippen LogP contribution in [-0.2, 0) is 9.47 Å². The number of nitrogens with two attached hydrogens (primary N) is 1. The van der Waals surface area contributed by atoms with Crippen LogP contribution in [-0.4, -0.2) is 35.8 Å². The van der Waals surface area contributed by atoms with Crippen LogP contribution in [0.15, 0.2) is 12.1 Å². The van der Waals surface area contributed by atoms with Gasteiger partial charge in [-0.15, -0.1) is 0 Å². The fraction of sp³-hybridized carbons (Fsp3) is 0.471. The fourth-order valence-corrected chi connectivity index (χ4v) is 3.59. The molecule has 3 N–H and O–H groups in total. The van der Waals surface area contributed by atoms with Crippen molar-refractivity contribution in [3.63, 3.8) is 0 Å². The van der Waals surface area contributed by atoms with Crippen molar-refractivity contribution in [2.45, 2.75) is 44.7 Å². The SMILES string of the molecule is CC1(C)OC2CC=C(c3cc4c(c(O)c3C(N)=O)OCO4)CC2O1. The van der Waals surface area contributed by atoms with Crippen molar-refractivity contribution in [2.24, 2.45) is 5.73 Å². The van der Waals surface area contributed by atoms with Gasteiger partial charge in [0.15, 0.2) is 17.3 Å². The summed E-state index contributed by atoms with van der Waals surface area (Å²) in [4.78, 5) is 11.9. The molecular weight excluding hydrogens is 314 g/mol. The quantitative estimate of drug-likeness (QED) is 0.857. The zero-order valence-electron chi connectivity index (χ0n) is 13.5. The van der Waals surface area contributed by atoms with Crippen molar-refractivity contribution in [1.82, 2.24) is 0 Å². The number of carbonyl (C=O) groups is 1. The smallest absolute Gasteiger partial charge is 0.253 e. The molecule has 1 saturated heterocycles. The Kier molecular flexibility index (Phi) is 3.26. The Morgan fingerprint density at radius 1 is 1.29 bits per heavy atom. The molecule has 1 amide bonds. The Labute approximate surface area is 138 Å². The van der Waals surface area contributed by atoms with Crippen molar-refractivity contribution in [3.05, 3.63) is 23.3 Å². The molecule has 0 bridgehead atoms. The van der Waals surface area contributed by atoms with Crippen LogP contribution in [0, 0.1) is 0 Å². The van der Waals surface area contributed by atoms with Gasteiger partial charge in [-0.3, -0.25) is 4.79 Å². The zero-order chi connectivity index (χ0) is 17.1. The summed E-state index contributed by atoms with van der Waals surface area (Å²) in [6.07, 6.45) is 3.11. The number of amides is 1. The molecule has 0 saturated carbocycles. The Morgan fingerprint density at radius 2 is 2.04 bits per heavy atom. The third-order valence-corrected chi connectivity index (χ3v) is 4.53. The number of benzene rings is 1. The summed E-state index contributed by atoms with van der Waals surface area (Å²) in [7, 11) is 0. The zero-order valence-corrected chi connectivity index (χ0v) is 13.5. The molecule has 7 heteroatoms. The van der Waals surface area contributed by atoms with E-state index in [0.717, 1.165) is 5.57 Å². The van der Waals surface area contributed by atoms with E-state index in [4.69, 9.17) is 24.7 Å². The van der Waals surface area contributed by atoms with Gasteiger partial charge in [-0.2, -0.15) is 0 Å². The Morgan fingerprint density at radius 3 is 2.79 bits per heavy atom. The summed E-state index contributed by atoms with van der Waals surface area (Å²) in [6.45, 7) is 3.76. The van der Waals surface area contributed by atoms with E-state index < -0.39 is 11.7 Å². The van der Waals surface area contributed by atoms with Crippen LogP contribution in [0.25, 0.3) is 5.57 Å². The summed E-state index contributed by atoms with van der Waals surface area (Å²) in [5, 5.41) is 10.4. The number of carbonyl (C=O) groups excluding carboxylic acids is 1. The molecule has 2 heterocycles. The molecule has 2 atom stereocenters. The predicted octanol–water partition coefficient (Wildman–Crippen LogP) is 1.92. The van der Waals surface area contributed by atoms with E-state index in [0.29, 0.717) is 24.2 Å². The summed E-state index contributed by atoms with van der Waals surface area (Å²) in [6, 6.07) is 1.69. The number of phenols is 1. The first-order valence-electron chi connectivity index (χ1n) is 7.86. The molecule has 7 nitrogen and oxygen atoms in total. The van der Waals surface area contributed by atoms with Crippen LogP contribution >= 0.6 is 0 Å². The van der Waals surface area contributed by atoms with E-state index in [1.165, 1.54) is 0 Å². The highest BCUT2D eigenvalue weighted by molar-refractivity contribution is 6.02. The van der Waals surface area contributed by atoms with Crippen LogP contribution in [0.2, 0.25) is 0 Å². The maximum Gasteiger partial charge on any atom is 0.253 e. The lowest BCUT2D eigenvalue weighted by Gasteiger charge is -2.24. The molecule has 128 valence electrons. The largest absolute Gasteiger partial charge is 0.504 e.